The zero-order valence-electron chi connectivity index (χ0n) is 12.9. The molecule has 0 aliphatic carbocycles. The highest BCUT2D eigenvalue weighted by Gasteiger charge is 2.15. The van der Waals surface area contributed by atoms with Crippen molar-refractivity contribution in [2.75, 3.05) is 6.54 Å². The Bertz CT molecular complexity index is 895. The quantitative estimate of drug-likeness (QED) is 0.767. The third kappa shape index (κ3) is 3.02. The van der Waals surface area contributed by atoms with Gasteiger partial charge < -0.3 is 9.88 Å². The van der Waals surface area contributed by atoms with Gasteiger partial charge in [0.1, 0.15) is 6.54 Å². The van der Waals surface area contributed by atoms with Crippen molar-refractivity contribution in [3.8, 4) is 10.7 Å². The molecule has 0 unspecified atom stereocenters. The molecule has 0 aromatic carbocycles. The first-order valence-electron chi connectivity index (χ1n) is 7.38. The molecule has 3 aromatic rings. The highest BCUT2D eigenvalue weighted by Crippen LogP contribution is 2.21. The fourth-order valence-corrected chi connectivity index (χ4v) is 2.92. The lowest BCUT2D eigenvalue weighted by atomic mass is 10.4. The molecule has 8 heteroatoms. The molecular weight excluding hydrogens is 314 g/mol. The monoisotopic (exact) mass is 331 g/mol. The third-order valence-electron chi connectivity index (χ3n) is 3.41. The van der Waals surface area contributed by atoms with Crippen LogP contribution in [0.2, 0.25) is 0 Å². The molecule has 3 heterocycles. The molecular formula is C15H17N5O2S. The molecule has 0 aliphatic rings. The standard InChI is InChI=1S/C15H17N5O2S/c1-3-6-16-12(21)9-19-10(2)8-13(22)20-15(19)17-14(18-20)11-5-4-7-23-11/h4-5,7-8H,3,6,9H2,1-2H3,(H,16,21). The van der Waals surface area contributed by atoms with Crippen LogP contribution >= 0.6 is 11.3 Å². The van der Waals surface area contributed by atoms with Gasteiger partial charge in [-0.25, -0.2) is 0 Å². The van der Waals surface area contributed by atoms with Gasteiger partial charge in [-0.2, -0.15) is 9.50 Å². The Labute approximate surface area is 136 Å². The Morgan fingerprint density at radius 3 is 2.96 bits per heavy atom. The summed E-state index contributed by atoms with van der Waals surface area (Å²) >= 11 is 1.50. The molecule has 23 heavy (non-hydrogen) atoms. The number of thiophene rings is 1. The number of fused-ring (bicyclic) bond motifs is 1. The number of carbonyl (C=O) groups is 1. The minimum absolute atomic E-state index is 0.109. The van der Waals surface area contributed by atoms with E-state index in [2.05, 4.69) is 15.4 Å². The largest absolute Gasteiger partial charge is 0.355 e. The summed E-state index contributed by atoms with van der Waals surface area (Å²) in [5, 5.41) is 9.03. The van der Waals surface area contributed by atoms with Crippen molar-refractivity contribution in [2.45, 2.75) is 26.8 Å². The number of aryl methyl sites for hydroxylation is 1. The number of rotatable bonds is 5. The van der Waals surface area contributed by atoms with Gasteiger partial charge in [0.05, 0.1) is 4.88 Å². The van der Waals surface area contributed by atoms with Crippen LogP contribution in [0.4, 0.5) is 0 Å². The topological polar surface area (TPSA) is 81.3 Å². The molecule has 3 rings (SSSR count). The normalized spacial score (nSPS) is 11.0. The lowest BCUT2D eigenvalue weighted by Gasteiger charge is -2.11. The van der Waals surface area contributed by atoms with E-state index < -0.39 is 0 Å². The van der Waals surface area contributed by atoms with Crippen LogP contribution in [0, 0.1) is 6.92 Å². The summed E-state index contributed by atoms with van der Waals surface area (Å²) in [6, 6.07) is 5.27. The number of hydrogen-bond acceptors (Lipinski definition) is 5. The van der Waals surface area contributed by atoms with Crippen molar-refractivity contribution in [2.24, 2.45) is 0 Å². The van der Waals surface area contributed by atoms with Crippen LogP contribution in [0.25, 0.3) is 16.5 Å². The molecule has 0 saturated carbocycles. The van der Waals surface area contributed by atoms with E-state index >= 15 is 0 Å². The van der Waals surface area contributed by atoms with Gasteiger partial charge in [0.25, 0.3) is 5.56 Å². The van der Waals surface area contributed by atoms with Gasteiger partial charge in [-0.05, 0) is 24.8 Å². The minimum Gasteiger partial charge on any atom is -0.355 e. The molecule has 7 nitrogen and oxygen atoms in total. The number of amides is 1. The van der Waals surface area contributed by atoms with Crippen molar-refractivity contribution in [3.05, 3.63) is 39.6 Å². The summed E-state index contributed by atoms with van der Waals surface area (Å²) in [5.41, 5.74) is 0.428. The zero-order chi connectivity index (χ0) is 16.4. The molecule has 1 amide bonds. The number of carbonyl (C=O) groups excluding carboxylic acids is 1. The first-order chi connectivity index (χ1) is 11.1. The summed E-state index contributed by atoms with van der Waals surface area (Å²) in [6.45, 7) is 4.52. The van der Waals surface area contributed by atoms with E-state index in [1.54, 1.807) is 11.5 Å². The summed E-state index contributed by atoms with van der Waals surface area (Å²) < 4.78 is 2.95. The molecule has 0 fully saturated rings. The highest BCUT2D eigenvalue weighted by atomic mass is 32.1. The maximum atomic E-state index is 12.1. The predicted molar refractivity (Wildman–Crippen MR) is 88.6 cm³/mol. The van der Waals surface area contributed by atoms with E-state index in [0.29, 0.717) is 23.8 Å². The molecule has 0 saturated heterocycles. The maximum Gasteiger partial charge on any atom is 0.275 e. The van der Waals surface area contributed by atoms with Crippen LogP contribution in [-0.2, 0) is 11.3 Å². The van der Waals surface area contributed by atoms with Crippen molar-refractivity contribution in [3.63, 3.8) is 0 Å². The van der Waals surface area contributed by atoms with Gasteiger partial charge in [0, 0.05) is 18.3 Å². The molecule has 0 atom stereocenters. The molecule has 3 aromatic heterocycles. The Morgan fingerprint density at radius 2 is 2.26 bits per heavy atom. The van der Waals surface area contributed by atoms with Gasteiger partial charge >= 0.3 is 0 Å². The Balaban J connectivity index is 2.06. The lowest BCUT2D eigenvalue weighted by molar-refractivity contribution is -0.121. The van der Waals surface area contributed by atoms with Crippen LogP contribution in [-0.4, -0.2) is 31.6 Å². The highest BCUT2D eigenvalue weighted by molar-refractivity contribution is 7.13. The van der Waals surface area contributed by atoms with E-state index in [1.807, 2.05) is 24.4 Å². The van der Waals surface area contributed by atoms with Crippen LogP contribution in [0.1, 0.15) is 19.0 Å². The van der Waals surface area contributed by atoms with Gasteiger partial charge in [0.15, 0.2) is 5.82 Å². The van der Waals surface area contributed by atoms with Gasteiger partial charge in [-0.3, -0.25) is 9.59 Å². The van der Waals surface area contributed by atoms with Gasteiger partial charge in [-0.1, -0.05) is 13.0 Å². The summed E-state index contributed by atoms with van der Waals surface area (Å²) in [4.78, 5) is 29.5. The van der Waals surface area contributed by atoms with Crippen molar-refractivity contribution in [1.82, 2.24) is 24.5 Å². The average molecular weight is 331 g/mol. The molecule has 0 radical (unpaired) electrons. The molecule has 120 valence electrons. The van der Waals surface area contributed by atoms with Crippen molar-refractivity contribution >= 4 is 23.0 Å². The van der Waals surface area contributed by atoms with E-state index in [-0.39, 0.29) is 18.0 Å². The fraction of sp³-hybridized carbons (Fsp3) is 0.333. The van der Waals surface area contributed by atoms with E-state index in [0.717, 1.165) is 11.3 Å². The smallest absolute Gasteiger partial charge is 0.275 e. The summed E-state index contributed by atoms with van der Waals surface area (Å²) in [6.07, 6.45) is 0.873. The molecule has 0 aliphatic heterocycles. The number of nitrogens with one attached hydrogen (secondary N) is 1. The first kappa shape index (κ1) is 15.4. The zero-order valence-corrected chi connectivity index (χ0v) is 13.8. The van der Waals surface area contributed by atoms with E-state index in [1.165, 1.54) is 21.9 Å². The second-order valence-electron chi connectivity index (χ2n) is 5.18. The average Bonchev–Trinajstić information content (AvgIpc) is 3.18. The second kappa shape index (κ2) is 6.33. The van der Waals surface area contributed by atoms with Crippen LogP contribution in [0.5, 0.6) is 0 Å². The van der Waals surface area contributed by atoms with E-state index in [9.17, 15) is 9.59 Å². The first-order valence-corrected chi connectivity index (χ1v) is 8.26. The third-order valence-corrected chi connectivity index (χ3v) is 4.28. The lowest BCUT2D eigenvalue weighted by Crippen LogP contribution is -2.30. The maximum absolute atomic E-state index is 12.1. The predicted octanol–water partition coefficient (Wildman–Crippen LogP) is 1.45. The van der Waals surface area contributed by atoms with Crippen LogP contribution in [0.3, 0.4) is 0 Å². The van der Waals surface area contributed by atoms with Gasteiger partial charge in [0.2, 0.25) is 11.7 Å². The molecule has 0 bridgehead atoms. The Hall–Kier alpha value is -2.48. The molecule has 1 N–H and O–H groups in total. The number of hydrogen-bond donors (Lipinski definition) is 1. The number of aromatic nitrogens is 4. The minimum atomic E-state index is -0.252. The van der Waals surface area contributed by atoms with Crippen molar-refractivity contribution < 1.29 is 4.79 Å². The van der Waals surface area contributed by atoms with E-state index in [4.69, 9.17) is 0 Å². The van der Waals surface area contributed by atoms with Crippen LogP contribution in [0.15, 0.2) is 28.4 Å². The van der Waals surface area contributed by atoms with Gasteiger partial charge in [-0.15, -0.1) is 16.4 Å². The number of nitrogens with zero attached hydrogens (tertiary/aromatic N) is 4. The SMILES string of the molecule is CCCNC(=O)Cn1c(C)cc(=O)n2nc(-c3cccs3)nc12. The summed E-state index contributed by atoms with van der Waals surface area (Å²) in [7, 11) is 0. The Morgan fingerprint density at radius 1 is 1.43 bits per heavy atom. The van der Waals surface area contributed by atoms with Crippen molar-refractivity contribution in [1.29, 1.82) is 0 Å². The Kier molecular flexibility index (Phi) is 4.24. The summed E-state index contributed by atoms with van der Waals surface area (Å²) in [5.74, 6) is 0.761. The fourth-order valence-electron chi connectivity index (χ4n) is 2.27. The van der Waals surface area contributed by atoms with Crippen LogP contribution < -0.4 is 10.9 Å². The second-order valence-corrected chi connectivity index (χ2v) is 6.13. The molecule has 0 spiro atoms.